The summed E-state index contributed by atoms with van der Waals surface area (Å²) >= 11 is 0. The van der Waals surface area contributed by atoms with E-state index in [1.165, 1.54) is 17.7 Å². The zero-order valence-corrected chi connectivity index (χ0v) is 11.0. The van der Waals surface area contributed by atoms with Gasteiger partial charge in [0.25, 0.3) is 0 Å². The van der Waals surface area contributed by atoms with Gasteiger partial charge in [0.2, 0.25) is 5.91 Å². The normalized spacial score (nSPS) is 12.7. The highest BCUT2D eigenvalue weighted by atomic mass is 16.1. The summed E-state index contributed by atoms with van der Waals surface area (Å²) in [6.45, 7) is 3.53. The van der Waals surface area contributed by atoms with Crippen LogP contribution in [0.2, 0.25) is 0 Å². The molecule has 0 saturated heterocycles. The van der Waals surface area contributed by atoms with Gasteiger partial charge in [0.1, 0.15) is 0 Å². The maximum absolute atomic E-state index is 11.1. The minimum atomic E-state index is -0.00996. The second kappa shape index (κ2) is 4.43. The first-order valence-corrected chi connectivity index (χ1v) is 6.42. The van der Waals surface area contributed by atoms with Crippen LogP contribution < -0.4 is 5.32 Å². The molecule has 19 heavy (non-hydrogen) atoms. The van der Waals surface area contributed by atoms with Crippen LogP contribution >= 0.6 is 0 Å². The Kier molecular flexibility index (Phi) is 2.75. The van der Waals surface area contributed by atoms with Crippen molar-refractivity contribution in [3.05, 3.63) is 48.0 Å². The van der Waals surface area contributed by atoms with Gasteiger partial charge in [0, 0.05) is 28.7 Å². The number of aromatic amines is 1. The Labute approximate surface area is 111 Å². The molecule has 1 amide bonds. The van der Waals surface area contributed by atoms with Crippen LogP contribution in [0.3, 0.4) is 0 Å². The predicted molar refractivity (Wildman–Crippen MR) is 78.0 cm³/mol. The number of fused-ring (bicyclic) bond motifs is 3. The van der Waals surface area contributed by atoms with E-state index in [4.69, 9.17) is 0 Å². The molecule has 3 aromatic rings. The maximum atomic E-state index is 11.1. The van der Waals surface area contributed by atoms with E-state index in [1.807, 2.05) is 19.1 Å². The molecule has 0 bridgehead atoms. The number of hydrogen-bond acceptors (Lipinski definition) is 1. The standard InChI is InChI=1S/C16H16N2O/c1-10(17-11(2)19)12-7-8-14-13-5-3-4-6-15(13)18-16(14)9-12/h3-10,18H,1-2H3,(H,17,19)/t10-/m0/s1. The number of para-hydroxylation sites is 1. The highest BCUT2D eigenvalue weighted by Crippen LogP contribution is 2.27. The molecule has 2 aromatic carbocycles. The first-order valence-electron chi connectivity index (χ1n) is 6.42. The summed E-state index contributed by atoms with van der Waals surface area (Å²) in [5.74, 6) is -0.00996. The van der Waals surface area contributed by atoms with Crippen LogP contribution in [0.5, 0.6) is 0 Å². The summed E-state index contributed by atoms with van der Waals surface area (Å²) in [7, 11) is 0. The minimum Gasteiger partial charge on any atom is -0.355 e. The van der Waals surface area contributed by atoms with Gasteiger partial charge in [0.05, 0.1) is 6.04 Å². The quantitative estimate of drug-likeness (QED) is 0.720. The van der Waals surface area contributed by atoms with Gasteiger partial charge in [-0.15, -0.1) is 0 Å². The van der Waals surface area contributed by atoms with Gasteiger partial charge >= 0.3 is 0 Å². The first kappa shape index (κ1) is 11.8. The van der Waals surface area contributed by atoms with Crippen LogP contribution in [-0.4, -0.2) is 10.9 Å². The monoisotopic (exact) mass is 252 g/mol. The molecule has 1 heterocycles. The zero-order chi connectivity index (χ0) is 13.4. The Hall–Kier alpha value is -2.29. The van der Waals surface area contributed by atoms with Gasteiger partial charge in [-0.25, -0.2) is 0 Å². The van der Waals surface area contributed by atoms with Crippen molar-refractivity contribution < 1.29 is 4.79 Å². The van der Waals surface area contributed by atoms with Crippen LogP contribution in [0.15, 0.2) is 42.5 Å². The molecule has 1 atom stereocenters. The molecule has 0 saturated carbocycles. The van der Waals surface area contributed by atoms with Crippen molar-refractivity contribution in [3.8, 4) is 0 Å². The van der Waals surface area contributed by atoms with Crippen molar-refractivity contribution in [1.82, 2.24) is 10.3 Å². The van der Waals surface area contributed by atoms with Crippen LogP contribution in [-0.2, 0) is 4.79 Å². The van der Waals surface area contributed by atoms with Gasteiger partial charge in [-0.1, -0.05) is 30.3 Å². The average molecular weight is 252 g/mol. The van der Waals surface area contributed by atoms with Crippen molar-refractivity contribution in [3.63, 3.8) is 0 Å². The number of carbonyl (C=O) groups excluding carboxylic acids is 1. The van der Waals surface area contributed by atoms with Crippen molar-refractivity contribution in [2.75, 3.05) is 0 Å². The Balaban J connectivity index is 2.10. The molecule has 0 spiro atoms. The Bertz CT molecular complexity index is 758. The minimum absolute atomic E-state index is 0.00996. The number of amides is 1. The smallest absolute Gasteiger partial charge is 0.217 e. The summed E-state index contributed by atoms with van der Waals surface area (Å²) in [5, 5.41) is 5.35. The molecule has 3 heteroatoms. The van der Waals surface area contributed by atoms with Gasteiger partial charge in [0.15, 0.2) is 0 Å². The number of nitrogens with one attached hydrogen (secondary N) is 2. The van der Waals surface area contributed by atoms with E-state index in [2.05, 4.69) is 40.6 Å². The fourth-order valence-electron chi connectivity index (χ4n) is 2.53. The summed E-state index contributed by atoms with van der Waals surface area (Å²) in [6.07, 6.45) is 0. The second-order valence-corrected chi connectivity index (χ2v) is 4.90. The third kappa shape index (κ3) is 2.08. The molecule has 0 unspecified atom stereocenters. The maximum Gasteiger partial charge on any atom is 0.217 e. The van der Waals surface area contributed by atoms with E-state index in [1.54, 1.807) is 0 Å². The van der Waals surface area contributed by atoms with Crippen LogP contribution in [0.25, 0.3) is 21.8 Å². The number of H-pyrrole nitrogens is 1. The van der Waals surface area contributed by atoms with E-state index in [-0.39, 0.29) is 11.9 Å². The van der Waals surface area contributed by atoms with Crippen molar-refractivity contribution in [2.24, 2.45) is 0 Å². The molecule has 3 nitrogen and oxygen atoms in total. The molecule has 96 valence electrons. The number of carbonyl (C=O) groups is 1. The predicted octanol–water partition coefficient (Wildman–Crippen LogP) is 3.52. The van der Waals surface area contributed by atoms with Gasteiger partial charge in [-0.2, -0.15) is 0 Å². The van der Waals surface area contributed by atoms with Crippen LogP contribution in [0.4, 0.5) is 0 Å². The number of hydrogen-bond donors (Lipinski definition) is 2. The van der Waals surface area contributed by atoms with E-state index in [9.17, 15) is 4.79 Å². The van der Waals surface area contributed by atoms with Crippen LogP contribution in [0.1, 0.15) is 25.5 Å². The number of rotatable bonds is 2. The van der Waals surface area contributed by atoms with Crippen molar-refractivity contribution >= 4 is 27.7 Å². The Morgan fingerprint density at radius 1 is 1.11 bits per heavy atom. The molecule has 0 radical (unpaired) electrons. The molecule has 2 N–H and O–H groups in total. The molecule has 0 aliphatic carbocycles. The summed E-state index contributed by atoms with van der Waals surface area (Å²) in [6, 6.07) is 14.6. The Morgan fingerprint density at radius 3 is 2.63 bits per heavy atom. The summed E-state index contributed by atoms with van der Waals surface area (Å²) in [4.78, 5) is 14.5. The van der Waals surface area contributed by atoms with Crippen LogP contribution in [0, 0.1) is 0 Å². The topological polar surface area (TPSA) is 44.9 Å². The number of aromatic nitrogens is 1. The van der Waals surface area contributed by atoms with E-state index in [0.29, 0.717) is 0 Å². The van der Waals surface area contributed by atoms with E-state index < -0.39 is 0 Å². The highest BCUT2D eigenvalue weighted by Gasteiger charge is 2.09. The lowest BCUT2D eigenvalue weighted by molar-refractivity contribution is -0.119. The highest BCUT2D eigenvalue weighted by molar-refractivity contribution is 6.07. The lowest BCUT2D eigenvalue weighted by atomic mass is 10.1. The number of benzene rings is 2. The lowest BCUT2D eigenvalue weighted by Crippen LogP contribution is -2.23. The average Bonchev–Trinajstić information content (AvgIpc) is 2.75. The molecule has 1 aromatic heterocycles. The molecule has 0 fully saturated rings. The fraction of sp³-hybridized carbons (Fsp3) is 0.188. The van der Waals surface area contributed by atoms with Crippen molar-refractivity contribution in [1.29, 1.82) is 0 Å². The van der Waals surface area contributed by atoms with E-state index in [0.717, 1.165) is 16.6 Å². The molecule has 0 aliphatic heterocycles. The fourth-order valence-corrected chi connectivity index (χ4v) is 2.53. The molecular formula is C16H16N2O. The lowest BCUT2D eigenvalue weighted by Gasteiger charge is -2.12. The van der Waals surface area contributed by atoms with E-state index >= 15 is 0 Å². The Morgan fingerprint density at radius 2 is 1.84 bits per heavy atom. The zero-order valence-electron chi connectivity index (χ0n) is 11.0. The van der Waals surface area contributed by atoms with Gasteiger partial charge in [-0.3, -0.25) is 4.79 Å². The summed E-state index contributed by atoms with van der Waals surface area (Å²) < 4.78 is 0. The largest absolute Gasteiger partial charge is 0.355 e. The SMILES string of the molecule is CC(=O)N[C@@H](C)c1ccc2c(c1)[nH]c1ccccc12. The summed E-state index contributed by atoms with van der Waals surface area (Å²) in [5.41, 5.74) is 3.35. The molecule has 0 aliphatic rings. The third-order valence-electron chi connectivity index (χ3n) is 3.45. The van der Waals surface area contributed by atoms with Crippen molar-refractivity contribution in [2.45, 2.75) is 19.9 Å². The van der Waals surface area contributed by atoms with Gasteiger partial charge < -0.3 is 10.3 Å². The molecular weight excluding hydrogens is 236 g/mol. The van der Waals surface area contributed by atoms with Gasteiger partial charge in [-0.05, 0) is 24.6 Å². The first-order chi connectivity index (χ1) is 9.15. The second-order valence-electron chi connectivity index (χ2n) is 4.90. The molecule has 3 rings (SSSR count). The third-order valence-corrected chi connectivity index (χ3v) is 3.45.